The molecular weight excluding hydrogens is 280 g/mol. The molecule has 0 spiro atoms. The van der Waals surface area contributed by atoms with Crippen molar-refractivity contribution in [3.8, 4) is 6.07 Å². The van der Waals surface area contributed by atoms with Crippen LogP contribution in [0.1, 0.15) is 17.4 Å². The summed E-state index contributed by atoms with van der Waals surface area (Å²) in [5.41, 5.74) is 1.66. The van der Waals surface area contributed by atoms with Crippen LogP contribution in [0, 0.1) is 11.3 Å². The first-order valence-corrected chi connectivity index (χ1v) is 7.97. The van der Waals surface area contributed by atoms with Crippen LogP contribution in [0.15, 0.2) is 40.6 Å². The van der Waals surface area contributed by atoms with Crippen molar-refractivity contribution in [2.75, 3.05) is 4.72 Å². The molecule has 0 aliphatic heterocycles. The predicted molar refractivity (Wildman–Crippen MR) is 75.7 cm³/mol. The highest BCUT2D eigenvalue weighted by molar-refractivity contribution is 7.94. The summed E-state index contributed by atoms with van der Waals surface area (Å²) in [6.07, 6.45) is 0.906. The van der Waals surface area contributed by atoms with E-state index in [1.165, 1.54) is 12.1 Å². The summed E-state index contributed by atoms with van der Waals surface area (Å²) >= 11 is 0.955. The lowest BCUT2D eigenvalue weighted by Gasteiger charge is -2.06. The summed E-state index contributed by atoms with van der Waals surface area (Å²) in [4.78, 5) is 0.377. The molecule has 0 aliphatic carbocycles. The number of anilines is 1. The molecule has 0 amide bonds. The monoisotopic (exact) mass is 292 g/mol. The molecule has 6 heteroatoms. The Kier molecular flexibility index (Phi) is 3.88. The second-order valence-electron chi connectivity index (χ2n) is 3.89. The zero-order valence-corrected chi connectivity index (χ0v) is 11.9. The maximum Gasteiger partial charge on any atom is 0.271 e. The topological polar surface area (TPSA) is 70.0 Å². The Morgan fingerprint density at radius 2 is 1.89 bits per heavy atom. The number of nitrogens with zero attached hydrogens (tertiary/aromatic N) is 1. The van der Waals surface area contributed by atoms with E-state index in [2.05, 4.69) is 4.72 Å². The summed E-state index contributed by atoms with van der Waals surface area (Å²) in [7, 11) is -3.60. The van der Waals surface area contributed by atoms with Crippen LogP contribution in [-0.4, -0.2) is 8.42 Å². The van der Waals surface area contributed by atoms with Crippen LogP contribution in [0.2, 0.25) is 0 Å². The van der Waals surface area contributed by atoms with Gasteiger partial charge < -0.3 is 0 Å². The summed E-state index contributed by atoms with van der Waals surface area (Å²) in [5.74, 6) is 0. The van der Waals surface area contributed by atoms with Gasteiger partial charge in [0.15, 0.2) is 0 Å². The minimum atomic E-state index is -3.60. The predicted octanol–water partition coefficient (Wildman–Crippen LogP) is 2.98. The van der Waals surface area contributed by atoms with Gasteiger partial charge in [-0.15, -0.1) is 11.3 Å². The second kappa shape index (κ2) is 5.43. The highest BCUT2D eigenvalue weighted by Gasteiger charge is 2.16. The summed E-state index contributed by atoms with van der Waals surface area (Å²) in [6.45, 7) is 2.04. The van der Waals surface area contributed by atoms with E-state index in [0.29, 0.717) is 10.6 Å². The van der Waals surface area contributed by atoms with Gasteiger partial charge in [0.1, 0.15) is 15.2 Å². The third-order valence-corrected chi connectivity index (χ3v) is 5.43. The van der Waals surface area contributed by atoms with Gasteiger partial charge in [-0.05, 0) is 36.2 Å². The van der Waals surface area contributed by atoms with Gasteiger partial charge in [0, 0.05) is 5.69 Å². The maximum atomic E-state index is 12.1. The zero-order chi connectivity index (χ0) is 13.9. The number of hydrogen-bond acceptors (Lipinski definition) is 4. The SMILES string of the molecule is CCc1ccc(NS(=O)(=O)c2ccc(C#N)s2)cc1. The van der Waals surface area contributed by atoms with E-state index in [1.54, 1.807) is 12.1 Å². The van der Waals surface area contributed by atoms with Gasteiger partial charge in [-0.25, -0.2) is 8.42 Å². The molecule has 2 rings (SSSR count). The second-order valence-corrected chi connectivity index (χ2v) is 6.88. The van der Waals surface area contributed by atoms with Crippen molar-refractivity contribution in [1.29, 1.82) is 5.26 Å². The first-order valence-electron chi connectivity index (χ1n) is 5.67. The smallest absolute Gasteiger partial charge is 0.271 e. The molecule has 19 heavy (non-hydrogen) atoms. The molecule has 1 heterocycles. The molecule has 4 nitrogen and oxygen atoms in total. The Morgan fingerprint density at radius 1 is 1.21 bits per heavy atom. The van der Waals surface area contributed by atoms with Gasteiger partial charge in [0.25, 0.3) is 10.0 Å². The zero-order valence-electron chi connectivity index (χ0n) is 10.3. The van der Waals surface area contributed by atoms with E-state index in [9.17, 15) is 8.42 Å². The van der Waals surface area contributed by atoms with Gasteiger partial charge in [-0.3, -0.25) is 4.72 Å². The fourth-order valence-corrected chi connectivity index (χ4v) is 3.70. The first-order chi connectivity index (χ1) is 9.05. The molecule has 98 valence electrons. The van der Waals surface area contributed by atoms with E-state index < -0.39 is 10.0 Å². The quantitative estimate of drug-likeness (QED) is 0.941. The number of nitrogens with one attached hydrogen (secondary N) is 1. The Bertz CT molecular complexity index is 710. The van der Waals surface area contributed by atoms with Gasteiger partial charge >= 0.3 is 0 Å². The first kappa shape index (κ1) is 13.6. The molecule has 1 aromatic heterocycles. The van der Waals surface area contributed by atoms with Crippen LogP contribution < -0.4 is 4.72 Å². The maximum absolute atomic E-state index is 12.1. The number of benzene rings is 1. The molecule has 2 aromatic rings. The summed E-state index contributed by atoms with van der Waals surface area (Å²) < 4.78 is 26.8. The Morgan fingerprint density at radius 3 is 2.42 bits per heavy atom. The van der Waals surface area contributed by atoms with Crippen LogP contribution in [0.25, 0.3) is 0 Å². The van der Waals surface area contributed by atoms with Gasteiger partial charge in [-0.2, -0.15) is 5.26 Å². The standard InChI is InChI=1S/C13H12N2O2S2/c1-2-10-3-5-11(6-4-10)15-19(16,17)13-8-7-12(9-14)18-13/h3-8,15H,2H2,1H3. The average molecular weight is 292 g/mol. The highest BCUT2D eigenvalue weighted by atomic mass is 32.2. The van der Waals surface area contributed by atoms with Crippen molar-refractivity contribution in [1.82, 2.24) is 0 Å². The Labute approximate surface area is 116 Å². The number of hydrogen-bond donors (Lipinski definition) is 1. The molecule has 1 aromatic carbocycles. The van der Waals surface area contributed by atoms with Crippen LogP contribution in [0.5, 0.6) is 0 Å². The molecule has 0 fully saturated rings. The van der Waals surface area contributed by atoms with Gasteiger partial charge in [0.2, 0.25) is 0 Å². The minimum Gasteiger partial charge on any atom is -0.279 e. The minimum absolute atomic E-state index is 0.142. The number of sulfonamides is 1. The van der Waals surface area contributed by atoms with E-state index in [-0.39, 0.29) is 4.21 Å². The highest BCUT2D eigenvalue weighted by Crippen LogP contribution is 2.23. The average Bonchev–Trinajstić information content (AvgIpc) is 2.89. The molecule has 1 N–H and O–H groups in total. The van der Waals surface area contributed by atoms with Crippen LogP contribution >= 0.6 is 11.3 Å². The van der Waals surface area contributed by atoms with Crippen molar-refractivity contribution in [3.05, 3.63) is 46.8 Å². The molecule has 0 radical (unpaired) electrons. The van der Waals surface area contributed by atoms with E-state index >= 15 is 0 Å². The van der Waals surface area contributed by atoms with Crippen molar-refractivity contribution in [2.45, 2.75) is 17.6 Å². The van der Waals surface area contributed by atoms with Crippen molar-refractivity contribution in [3.63, 3.8) is 0 Å². The number of thiophene rings is 1. The fourth-order valence-electron chi connectivity index (χ4n) is 1.54. The molecule has 0 unspecified atom stereocenters. The van der Waals surface area contributed by atoms with E-state index in [1.807, 2.05) is 25.1 Å². The molecule has 0 saturated carbocycles. The van der Waals surface area contributed by atoms with Crippen molar-refractivity contribution in [2.24, 2.45) is 0 Å². The van der Waals surface area contributed by atoms with Crippen molar-refractivity contribution < 1.29 is 8.42 Å². The van der Waals surface area contributed by atoms with Crippen LogP contribution in [-0.2, 0) is 16.4 Å². The molecule has 0 atom stereocenters. The summed E-state index contributed by atoms with van der Waals surface area (Å²) in [6, 6.07) is 12.1. The van der Waals surface area contributed by atoms with Crippen molar-refractivity contribution >= 4 is 27.0 Å². The van der Waals surface area contributed by atoms with Gasteiger partial charge in [0.05, 0.1) is 0 Å². The molecular formula is C13H12N2O2S2. The van der Waals surface area contributed by atoms with Crippen LogP contribution in [0.3, 0.4) is 0 Å². The van der Waals surface area contributed by atoms with Crippen LogP contribution in [0.4, 0.5) is 5.69 Å². The lowest BCUT2D eigenvalue weighted by molar-refractivity contribution is 0.603. The Balaban J connectivity index is 2.23. The third-order valence-electron chi connectivity index (χ3n) is 2.57. The molecule has 0 bridgehead atoms. The number of rotatable bonds is 4. The van der Waals surface area contributed by atoms with E-state index in [0.717, 1.165) is 23.3 Å². The normalized spacial score (nSPS) is 10.9. The summed E-state index contributed by atoms with van der Waals surface area (Å²) in [5, 5.41) is 8.71. The number of nitriles is 1. The van der Waals surface area contributed by atoms with Gasteiger partial charge in [-0.1, -0.05) is 19.1 Å². The fraction of sp³-hybridized carbons (Fsp3) is 0.154. The van der Waals surface area contributed by atoms with E-state index in [4.69, 9.17) is 5.26 Å². The lowest BCUT2D eigenvalue weighted by Crippen LogP contribution is -2.11. The Hall–Kier alpha value is -1.84. The molecule has 0 aliphatic rings. The lowest BCUT2D eigenvalue weighted by atomic mass is 10.2. The third kappa shape index (κ3) is 3.13. The largest absolute Gasteiger partial charge is 0.279 e. The molecule has 0 saturated heterocycles. The number of aryl methyl sites for hydroxylation is 1.